The van der Waals surface area contributed by atoms with Gasteiger partial charge in [0, 0.05) is 24.7 Å². The second kappa shape index (κ2) is 18.8. The van der Waals surface area contributed by atoms with Gasteiger partial charge in [-0.3, -0.25) is 10.1 Å². The first-order valence-corrected chi connectivity index (χ1v) is 11.6. The molecule has 3 N–H and O–H groups in total. The highest BCUT2D eigenvalue weighted by Crippen LogP contribution is 2.29. The molecule has 6 heteroatoms. The van der Waals surface area contributed by atoms with E-state index in [0.717, 1.165) is 42.3 Å². The molecule has 1 aromatic rings. The number of nitro benzene ring substituents is 1. The number of nitrogen functional groups attached to an aromatic ring is 1. The van der Waals surface area contributed by atoms with E-state index in [2.05, 4.69) is 32.3 Å². The zero-order valence-corrected chi connectivity index (χ0v) is 20.9. The van der Waals surface area contributed by atoms with Crippen molar-refractivity contribution in [2.24, 2.45) is 5.92 Å². The maximum atomic E-state index is 11.2. The van der Waals surface area contributed by atoms with Crippen LogP contribution in [-0.4, -0.2) is 17.8 Å². The Labute approximate surface area is 194 Å². The van der Waals surface area contributed by atoms with E-state index in [1.54, 1.807) is 12.1 Å². The molecule has 0 aliphatic carbocycles. The normalized spacial score (nSPS) is 11.1. The fourth-order valence-electron chi connectivity index (χ4n) is 2.92. The van der Waals surface area contributed by atoms with Crippen LogP contribution in [0.4, 0.5) is 17.1 Å². The molecular formula is C26H43N3O3. The van der Waals surface area contributed by atoms with Gasteiger partial charge in [-0.25, -0.2) is 0 Å². The first-order chi connectivity index (χ1) is 15.3. The van der Waals surface area contributed by atoms with Crippen molar-refractivity contribution >= 4 is 23.3 Å². The molecule has 0 fully saturated rings. The number of hydrogen-bond acceptors (Lipinski definition) is 5. The van der Waals surface area contributed by atoms with Crippen LogP contribution in [0.5, 0.6) is 0 Å². The summed E-state index contributed by atoms with van der Waals surface area (Å²) >= 11 is 0. The molecule has 0 spiro atoms. The molecular weight excluding hydrogens is 402 g/mol. The zero-order valence-electron chi connectivity index (χ0n) is 20.9. The summed E-state index contributed by atoms with van der Waals surface area (Å²) in [6.07, 6.45) is 6.93. The number of nitrogens with one attached hydrogen (secondary N) is 1. The van der Waals surface area contributed by atoms with Crippen molar-refractivity contribution in [1.29, 1.82) is 0 Å². The monoisotopic (exact) mass is 445 g/mol. The van der Waals surface area contributed by atoms with Crippen LogP contribution in [0.15, 0.2) is 54.2 Å². The quantitative estimate of drug-likeness (QED) is 0.108. The fourth-order valence-corrected chi connectivity index (χ4v) is 2.92. The minimum absolute atomic E-state index is 0.0500. The lowest BCUT2D eigenvalue weighted by atomic mass is 9.88. The summed E-state index contributed by atoms with van der Waals surface area (Å²) in [5, 5.41) is 14.3. The number of unbranched alkanes of at least 4 members (excludes halogenated alkanes) is 1. The van der Waals surface area contributed by atoms with Crippen molar-refractivity contribution < 1.29 is 9.72 Å². The lowest BCUT2D eigenvalue weighted by Crippen LogP contribution is -2.09. The number of carbonyl (C=O) groups is 1. The minimum Gasteiger partial charge on any atom is -0.399 e. The van der Waals surface area contributed by atoms with Crippen LogP contribution < -0.4 is 11.1 Å². The maximum Gasteiger partial charge on any atom is 0.294 e. The highest BCUT2D eigenvalue weighted by atomic mass is 16.6. The topological polar surface area (TPSA) is 98.3 Å². The number of allylic oxidation sites excluding steroid dienone is 3. The average Bonchev–Trinajstić information content (AvgIpc) is 2.79. The highest BCUT2D eigenvalue weighted by molar-refractivity contribution is 5.66. The summed E-state index contributed by atoms with van der Waals surface area (Å²) in [5.41, 5.74) is 9.14. The van der Waals surface area contributed by atoms with E-state index in [1.807, 2.05) is 33.8 Å². The van der Waals surface area contributed by atoms with Crippen molar-refractivity contribution in [1.82, 2.24) is 0 Å². The summed E-state index contributed by atoms with van der Waals surface area (Å²) in [6, 6.07) is 4.58. The number of aldehydes is 1. The van der Waals surface area contributed by atoms with Crippen molar-refractivity contribution in [3.63, 3.8) is 0 Å². The van der Waals surface area contributed by atoms with Gasteiger partial charge in [0.15, 0.2) is 0 Å². The Balaban J connectivity index is 0. The number of nitrogens with zero attached hydrogens (tertiary/aromatic N) is 1. The number of nitrogens with two attached hydrogens (primary N) is 1. The van der Waals surface area contributed by atoms with Crippen molar-refractivity contribution in [2.75, 3.05) is 17.6 Å². The summed E-state index contributed by atoms with van der Waals surface area (Å²) < 4.78 is 0. The third kappa shape index (κ3) is 12.1. The standard InChI is InChI=1S/C22H31N3O3.2C2H6/c1-5-6-7-17(3)18(4)19(14-16(2)11-13-26)10-12-24-21-9-8-20(23)15-22(21)25(27)28;2*1-2/h8-9,13-15,17,24H,2,4-7,10-12,23H2,1,3H3;2*1-2H3/b19-14-;;. The molecule has 6 nitrogen and oxygen atoms in total. The van der Waals surface area contributed by atoms with Gasteiger partial charge in [0.1, 0.15) is 12.0 Å². The number of nitro groups is 1. The van der Waals surface area contributed by atoms with Gasteiger partial charge in [0.2, 0.25) is 0 Å². The molecule has 0 amide bonds. The van der Waals surface area contributed by atoms with Crippen molar-refractivity contribution in [3.8, 4) is 0 Å². The molecule has 1 aromatic carbocycles. The third-order valence-electron chi connectivity index (χ3n) is 4.65. The Kier molecular flexibility index (Phi) is 18.4. The predicted molar refractivity (Wildman–Crippen MR) is 139 cm³/mol. The fraction of sp³-hybridized carbons (Fsp3) is 0.500. The summed E-state index contributed by atoms with van der Waals surface area (Å²) in [6.45, 7) is 21.0. The van der Waals surface area contributed by atoms with Crippen LogP contribution in [0, 0.1) is 16.0 Å². The summed E-state index contributed by atoms with van der Waals surface area (Å²) in [7, 11) is 0. The third-order valence-corrected chi connectivity index (χ3v) is 4.65. The first kappa shape index (κ1) is 31.3. The second-order valence-corrected chi connectivity index (χ2v) is 6.98. The Morgan fingerprint density at radius 1 is 1.25 bits per heavy atom. The Hall–Kier alpha value is -2.89. The minimum atomic E-state index is -0.451. The molecule has 32 heavy (non-hydrogen) atoms. The van der Waals surface area contributed by atoms with Gasteiger partial charge in [0.25, 0.3) is 5.69 Å². The van der Waals surface area contributed by atoms with Gasteiger partial charge in [0.05, 0.1) is 4.92 Å². The van der Waals surface area contributed by atoms with Gasteiger partial charge in [-0.1, -0.05) is 73.6 Å². The van der Waals surface area contributed by atoms with E-state index in [1.165, 1.54) is 6.07 Å². The predicted octanol–water partition coefficient (Wildman–Crippen LogP) is 7.49. The van der Waals surface area contributed by atoms with Crippen molar-refractivity contribution in [3.05, 3.63) is 64.3 Å². The largest absolute Gasteiger partial charge is 0.399 e. The molecule has 0 saturated heterocycles. The van der Waals surface area contributed by atoms with E-state index < -0.39 is 4.92 Å². The lowest BCUT2D eigenvalue weighted by molar-refractivity contribution is -0.383. The molecule has 1 atom stereocenters. The molecule has 1 rings (SSSR count). The van der Waals surface area contributed by atoms with Gasteiger partial charge in [-0.05, 0) is 47.6 Å². The smallest absolute Gasteiger partial charge is 0.294 e. The van der Waals surface area contributed by atoms with Gasteiger partial charge >= 0.3 is 0 Å². The Morgan fingerprint density at radius 3 is 2.41 bits per heavy atom. The number of hydrogen-bond donors (Lipinski definition) is 2. The highest BCUT2D eigenvalue weighted by Gasteiger charge is 2.15. The van der Waals surface area contributed by atoms with E-state index in [0.29, 0.717) is 30.3 Å². The molecule has 0 bridgehead atoms. The average molecular weight is 446 g/mol. The number of rotatable bonds is 13. The maximum absolute atomic E-state index is 11.2. The van der Waals surface area contributed by atoms with Crippen LogP contribution in [0.2, 0.25) is 0 Å². The van der Waals surface area contributed by atoms with Gasteiger partial charge < -0.3 is 15.8 Å². The summed E-state index contributed by atoms with van der Waals surface area (Å²) in [4.78, 5) is 21.5. The molecule has 0 aliphatic heterocycles. The molecule has 0 aliphatic rings. The molecule has 180 valence electrons. The van der Waals surface area contributed by atoms with Crippen LogP contribution in [0.1, 0.15) is 73.6 Å². The van der Waals surface area contributed by atoms with Crippen molar-refractivity contribution in [2.45, 2.75) is 73.6 Å². The number of carbonyl (C=O) groups excluding carboxylic acids is 1. The first-order valence-electron chi connectivity index (χ1n) is 11.6. The van der Waals surface area contributed by atoms with E-state index in [9.17, 15) is 14.9 Å². The van der Waals surface area contributed by atoms with Crippen LogP contribution >= 0.6 is 0 Å². The second-order valence-electron chi connectivity index (χ2n) is 6.98. The van der Waals surface area contributed by atoms with Crippen LogP contribution in [0.3, 0.4) is 0 Å². The SMILES string of the molecule is C=C(/C=C(/CCNc1ccc(N)cc1[N+](=O)[O-])C(=C)C(C)CCCC)CC=O.CC.CC. The van der Waals surface area contributed by atoms with E-state index in [4.69, 9.17) is 5.73 Å². The van der Waals surface area contributed by atoms with Gasteiger partial charge in [-0.15, -0.1) is 0 Å². The number of benzene rings is 1. The number of anilines is 2. The van der Waals surface area contributed by atoms with Crippen LogP contribution in [0.25, 0.3) is 0 Å². The Morgan fingerprint density at radius 2 is 1.88 bits per heavy atom. The lowest BCUT2D eigenvalue weighted by Gasteiger charge is -2.19. The van der Waals surface area contributed by atoms with Crippen LogP contribution in [-0.2, 0) is 4.79 Å². The zero-order chi connectivity index (χ0) is 25.1. The Bertz CT molecular complexity index is 755. The molecule has 0 radical (unpaired) electrons. The van der Waals surface area contributed by atoms with Gasteiger partial charge in [-0.2, -0.15) is 0 Å². The molecule has 0 heterocycles. The summed E-state index contributed by atoms with van der Waals surface area (Å²) in [5.74, 6) is 0.320. The van der Waals surface area contributed by atoms with E-state index >= 15 is 0 Å². The molecule has 0 saturated carbocycles. The molecule has 1 unspecified atom stereocenters. The van der Waals surface area contributed by atoms with E-state index in [-0.39, 0.29) is 12.1 Å². The molecule has 0 aromatic heterocycles.